The molecule has 0 radical (unpaired) electrons. The number of amides is 2. The highest BCUT2D eigenvalue weighted by molar-refractivity contribution is 6.02. The van der Waals surface area contributed by atoms with Gasteiger partial charge in [-0.05, 0) is 43.4 Å². The third-order valence-corrected chi connectivity index (χ3v) is 6.83. The molecule has 0 saturated heterocycles. The van der Waals surface area contributed by atoms with Crippen molar-refractivity contribution in [3.05, 3.63) is 70.3 Å². The number of benzene rings is 2. The average Bonchev–Trinajstić information content (AvgIpc) is 3.33. The lowest BCUT2D eigenvalue weighted by Gasteiger charge is -2.17. The molecule has 204 valence electrons. The fourth-order valence-electron chi connectivity index (χ4n) is 4.63. The number of carboxylic acid groups (broad SMARTS) is 1. The molecule has 9 nitrogen and oxygen atoms in total. The maximum Gasteiger partial charge on any atom is 0.340 e. The maximum absolute atomic E-state index is 12.9. The van der Waals surface area contributed by atoms with Crippen molar-refractivity contribution < 1.29 is 28.3 Å². The average molecular weight is 533 g/mol. The molecule has 4 aromatic rings. The molecular formula is C30H32N2O7. The normalized spacial score (nSPS) is 11.9. The fraction of sp³-hybridized carbons (Fsp3) is 0.333. The number of carboxylic acids is 1. The van der Waals surface area contributed by atoms with Crippen molar-refractivity contribution >= 4 is 39.7 Å². The van der Waals surface area contributed by atoms with Crippen molar-refractivity contribution in [3.8, 4) is 11.1 Å². The first-order chi connectivity index (χ1) is 18.8. The van der Waals surface area contributed by atoms with Gasteiger partial charge in [0.15, 0.2) is 0 Å². The maximum atomic E-state index is 12.9. The van der Waals surface area contributed by atoms with E-state index < -0.39 is 23.5 Å². The lowest BCUT2D eigenvalue weighted by atomic mass is 9.99. The molecule has 39 heavy (non-hydrogen) atoms. The van der Waals surface area contributed by atoms with E-state index in [1.807, 2.05) is 36.4 Å². The highest BCUT2D eigenvalue weighted by Gasteiger charge is 2.22. The first-order valence-electron chi connectivity index (χ1n) is 13.1. The topological polar surface area (TPSA) is 139 Å². The summed E-state index contributed by atoms with van der Waals surface area (Å²) in [4.78, 5) is 48.8. The van der Waals surface area contributed by atoms with E-state index in [0.717, 1.165) is 16.5 Å². The minimum atomic E-state index is -0.838. The first-order valence-corrected chi connectivity index (χ1v) is 13.1. The van der Waals surface area contributed by atoms with Crippen LogP contribution in [0.5, 0.6) is 0 Å². The van der Waals surface area contributed by atoms with Crippen molar-refractivity contribution in [1.29, 1.82) is 0 Å². The zero-order valence-electron chi connectivity index (χ0n) is 22.0. The molecule has 3 N–H and O–H groups in total. The SMILES string of the molecule is CC[C@H](NC(=O)Cc1c(C)c2cc3c(-c4ccccc4)coc3cc2oc1=O)C(=O)NCCCCCC(=O)O. The van der Waals surface area contributed by atoms with Crippen LogP contribution in [0, 0.1) is 6.92 Å². The van der Waals surface area contributed by atoms with Gasteiger partial charge in [0.2, 0.25) is 11.8 Å². The molecule has 4 rings (SSSR count). The van der Waals surface area contributed by atoms with E-state index >= 15 is 0 Å². The number of unbranched alkanes of at least 4 members (excludes halogenated alkanes) is 2. The van der Waals surface area contributed by atoms with Gasteiger partial charge in [-0.2, -0.15) is 0 Å². The van der Waals surface area contributed by atoms with Crippen LogP contribution in [-0.2, 0) is 20.8 Å². The second kappa shape index (κ2) is 12.4. The van der Waals surface area contributed by atoms with Crippen LogP contribution in [0.3, 0.4) is 0 Å². The van der Waals surface area contributed by atoms with E-state index in [0.29, 0.717) is 54.3 Å². The van der Waals surface area contributed by atoms with Crippen LogP contribution in [0.15, 0.2) is 62.4 Å². The summed E-state index contributed by atoms with van der Waals surface area (Å²) in [7, 11) is 0. The molecule has 1 atom stereocenters. The fourth-order valence-corrected chi connectivity index (χ4v) is 4.63. The molecule has 0 aliphatic rings. The third kappa shape index (κ3) is 6.54. The second-order valence-electron chi connectivity index (χ2n) is 9.55. The summed E-state index contributed by atoms with van der Waals surface area (Å²) in [5.41, 5.74) is 3.13. The quantitative estimate of drug-likeness (QED) is 0.177. The molecule has 2 amide bonds. The lowest BCUT2D eigenvalue weighted by Crippen LogP contribution is -2.47. The molecule has 0 bridgehead atoms. The van der Waals surface area contributed by atoms with Gasteiger partial charge in [-0.15, -0.1) is 0 Å². The van der Waals surface area contributed by atoms with E-state index in [4.69, 9.17) is 13.9 Å². The van der Waals surface area contributed by atoms with Crippen molar-refractivity contribution in [3.63, 3.8) is 0 Å². The number of nitrogens with one attached hydrogen (secondary N) is 2. The summed E-state index contributed by atoms with van der Waals surface area (Å²) in [6.07, 6.45) is 3.81. The number of aliphatic carboxylic acids is 1. The zero-order chi connectivity index (χ0) is 27.9. The van der Waals surface area contributed by atoms with Crippen LogP contribution in [-0.4, -0.2) is 35.5 Å². The number of aryl methyl sites for hydroxylation is 1. The molecule has 2 aromatic heterocycles. The number of carbonyl (C=O) groups is 3. The summed E-state index contributed by atoms with van der Waals surface area (Å²) in [5, 5.41) is 15.8. The molecule has 0 saturated carbocycles. The molecule has 0 unspecified atom stereocenters. The molecule has 2 aromatic carbocycles. The Morgan fingerprint density at radius 1 is 1.00 bits per heavy atom. The van der Waals surface area contributed by atoms with Gasteiger partial charge >= 0.3 is 11.6 Å². The van der Waals surface area contributed by atoms with Gasteiger partial charge < -0.3 is 24.6 Å². The van der Waals surface area contributed by atoms with Crippen LogP contribution in [0.4, 0.5) is 0 Å². The zero-order valence-corrected chi connectivity index (χ0v) is 22.0. The Kier molecular flexibility index (Phi) is 8.81. The Balaban J connectivity index is 1.47. The number of carbonyl (C=O) groups excluding carboxylic acids is 2. The van der Waals surface area contributed by atoms with Gasteiger partial charge in [-0.25, -0.2) is 4.79 Å². The predicted octanol–water partition coefficient (Wildman–Crippen LogP) is 4.71. The van der Waals surface area contributed by atoms with Crippen molar-refractivity contribution in [2.24, 2.45) is 0 Å². The van der Waals surface area contributed by atoms with Crippen LogP contribution >= 0.6 is 0 Å². The standard InChI is InChI=1S/C30H32N2O7/c1-3-24(29(36)31-13-9-5-8-12-28(34)35)32-27(33)15-21-18(2)20-14-22-23(19-10-6-4-7-11-19)17-38-25(22)16-26(20)39-30(21)37/h4,6-7,10-11,14,16-17,24H,3,5,8-9,12-13,15H2,1-2H3,(H,31,36)(H,32,33)(H,34,35)/t24-/m0/s1. The summed E-state index contributed by atoms with van der Waals surface area (Å²) in [5.74, 6) is -1.61. The number of fused-ring (bicyclic) bond motifs is 2. The second-order valence-corrected chi connectivity index (χ2v) is 9.55. The predicted molar refractivity (Wildman–Crippen MR) is 147 cm³/mol. The van der Waals surface area contributed by atoms with Crippen molar-refractivity contribution in [2.75, 3.05) is 6.54 Å². The molecule has 0 fully saturated rings. The summed E-state index contributed by atoms with van der Waals surface area (Å²) >= 11 is 0. The van der Waals surface area contributed by atoms with Gasteiger partial charge in [0, 0.05) is 35.4 Å². The minimum absolute atomic E-state index is 0.102. The van der Waals surface area contributed by atoms with Crippen LogP contribution < -0.4 is 16.3 Å². The highest BCUT2D eigenvalue weighted by atomic mass is 16.4. The number of hydrogen-bond acceptors (Lipinski definition) is 6. The van der Waals surface area contributed by atoms with Gasteiger partial charge in [0.05, 0.1) is 18.2 Å². The number of furan rings is 1. The summed E-state index contributed by atoms with van der Waals surface area (Å²) in [6, 6.07) is 12.7. The minimum Gasteiger partial charge on any atom is -0.481 e. The Labute approximate surface area is 225 Å². The van der Waals surface area contributed by atoms with Gasteiger partial charge in [0.25, 0.3) is 0 Å². The number of rotatable bonds is 12. The molecular weight excluding hydrogens is 500 g/mol. The summed E-state index contributed by atoms with van der Waals surface area (Å²) in [6.45, 7) is 3.96. The molecule has 0 aliphatic heterocycles. The third-order valence-electron chi connectivity index (χ3n) is 6.83. The van der Waals surface area contributed by atoms with Crippen molar-refractivity contribution in [1.82, 2.24) is 10.6 Å². The Morgan fingerprint density at radius 2 is 1.77 bits per heavy atom. The van der Waals surface area contributed by atoms with Crippen LogP contribution in [0.1, 0.15) is 50.2 Å². The molecule has 2 heterocycles. The van der Waals surface area contributed by atoms with Gasteiger partial charge in [-0.1, -0.05) is 43.7 Å². The molecule has 0 aliphatic carbocycles. The monoisotopic (exact) mass is 532 g/mol. The number of hydrogen-bond donors (Lipinski definition) is 3. The van der Waals surface area contributed by atoms with E-state index in [9.17, 15) is 19.2 Å². The summed E-state index contributed by atoms with van der Waals surface area (Å²) < 4.78 is 11.3. The van der Waals surface area contributed by atoms with Crippen LogP contribution in [0.25, 0.3) is 33.1 Å². The van der Waals surface area contributed by atoms with Crippen LogP contribution in [0.2, 0.25) is 0 Å². The van der Waals surface area contributed by atoms with Gasteiger partial charge in [0.1, 0.15) is 17.2 Å². The van der Waals surface area contributed by atoms with E-state index in [1.165, 1.54) is 0 Å². The Hall–Kier alpha value is -4.40. The lowest BCUT2D eigenvalue weighted by molar-refractivity contribution is -0.137. The first kappa shape index (κ1) is 27.6. The highest BCUT2D eigenvalue weighted by Crippen LogP contribution is 2.34. The van der Waals surface area contributed by atoms with E-state index in [2.05, 4.69) is 10.6 Å². The molecule has 0 spiro atoms. The van der Waals surface area contributed by atoms with E-state index in [1.54, 1.807) is 26.2 Å². The Bertz CT molecular complexity index is 1550. The van der Waals surface area contributed by atoms with E-state index in [-0.39, 0.29) is 24.3 Å². The Morgan fingerprint density at radius 3 is 2.49 bits per heavy atom. The smallest absolute Gasteiger partial charge is 0.340 e. The molecule has 9 heteroatoms. The largest absolute Gasteiger partial charge is 0.481 e. The van der Waals surface area contributed by atoms with Gasteiger partial charge in [-0.3, -0.25) is 14.4 Å². The van der Waals surface area contributed by atoms with Crippen molar-refractivity contribution in [2.45, 2.75) is 58.4 Å².